The fourth-order valence-corrected chi connectivity index (χ4v) is 2.34. The van der Waals surface area contributed by atoms with Gasteiger partial charge in [-0.3, -0.25) is 0 Å². The Morgan fingerprint density at radius 2 is 1.62 bits per heavy atom. The molecular weight excluding hydrogens is 310 g/mol. The van der Waals surface area contributed by atoms with Gasteiger partial charge >= 0.3 is 0 Å². The highest BCUT2D eigenvalue weighted by Crippen LogP contribution is 2.25. The van der Waals surface area contributed by atoms with E-state index in [4.69, 9.17) is 9.47 Å². The normalized spacial score (nSPS) is 10.6. The van der Waals surface area contributed by atoms with E-state index in [1.807, 2.05) is 24.3 Å². The molecule has 0 N–H and O–H groups in total. The van der Waals surface area contributed by atoms with Gasteiger partial charge in [0.2, 0.25) is 0 Å². The summed E-state index contributed by atoms with van der Waals surface area (Å²) in [5, 5.41) is 0.839. The Hall–Kier alpha value is -2.88. The van der Waals surface area contributed by atoms with Crippen molar-refractivity contribution in [3.05, 3.63) is 84.5 Å². The van der Waals surface area contributed by atoms with Crippen LogP contribution < -0.4 is 9.47 Å². The molecule has 0 aliphatic carbocycles. The molecule has 0 aromatic heterocycles. The molecule has 0 spiro atoms. The smallest absolute Gasteiger partial charge is 0.166 e. The van der Waals surface area contributed by atoms with Gasteiger partial charge in [0.05, 0.1) is 0 Å². The fourth-order valence-electron chi connectivity index (χ4n) is 2.34. The largest absolute Gasteiger partial charge is 0.490 e. The second-order valence-electron chi connectivity index (χ2n) is 5.28. The van der Waals surface area contributed by atoms with Crippen molar-refractivity contribution in [2.24, 2.45) is 0 Å². The zero-order valence-electron chi connectivity index (χ0n) is 13.0. The highest BCUT2D eigenvalue weighted by Gasteiger charge is 2.07. The molecule has 3 aromatic carbocycles. The van der Waals surface area contributed by atoms with Gasteiger partial charge in [-0.05, 0) is 47.3 Å². The first kappa shape index (κ1) is 16.0. The fraction of sp³-hybridized carbons (Fsp3) is 0.100. The molecule has 0 unspecified atom stereocenters. The lowest BCUT2D eigenvalue weighted by Gasteiger charge is -2.09. The first-order chi connectivity index (χ1) is 11.7. The van der Waals surface area contributed by atoms with E-state index in [0.717, 1.165) is 17.4 Å². The molecule has 3 aromatic rings. The van der Waals surface area contributed by atoms with E-state index >= 15 is 0 Å². The summed E-state index contributed by atoms with van der Waals surface area (Å²) in [5.74, 6) is -0.327. The Labute approximate surface area is 138 Å². The quantitative estimate of drug-likeness (QED) is 0.575. The first-order valence-electron chi connectivity index (χ1n) is 7.50. The van der Waals surface area contributed by atoms with Gasteiger partial charge in [-0.25, -0.2) is 8.78 Å². The number of rotatable bonds is 6. The third-order valence-electron chi connectivity index (χ3n) is 3.58. The van der Waals surface area contributed by atoms with Crippen molar-refractivity contribution >= 4 is 10.8 Å². The molecule has 0 saturated carbocycles. The van der Waals surface area contributed by atoms with E-state index in [2.05, 4.69) is 6.58 Å². The maximum absolute atomic E-state index is 13.7. The molecular formula is C20H16F2O2. The van der Waals surface area contributed by atoms with E-state index in [-0.39, 0.29) is 5.39 Å². The van der Waals surface area contributed by atoms with E-state index in [1.54, 1.807) is 18.2 Å². The number of ether oxygens (including phenoxy) is 2. The Morgan fingerprint density at radius 3 is 2.38 bits per heavy atom. The van der Waals surface area contributed by atoms with Crippen LogP contribution in [0, 0.1) is 11.6 Å². The summed E-state index contributed by atoms with van der Waals surface area (Å²) in [7, 11) is 0. The average Bonchev–Trinajstić information content (AvgIpc) is 2.62. The standard InChI is InChI=1S/C20H16F2O2/c1-2-11-23-16-6-3-14(4-7-16)13-24-17-8-9-18-15(12-17)5-10-19(21)20(18)22/h2-10,12H,1,11,13H2. The third-order valence-corrected chi connectivity index (χ3v) is 3.58. The highest BCUT2D eigenvalue weighted by molar-refractivity contribution is 5.84. The topological polar surface area (TPSA) is 18.5 Å². The van der Waals surface area contributed by atoms with Crippen LogP contribution >= 0.6 is 0 Å². The van der Waals surface area contributed by atoms with Crippen molar-refractivity contribution in [3.63, 3.8) is 0 Å². The van der Waals surface area contributed by atoms with Crippen LogP contribution in [0.3, 0.4) is 0 Å². The molecule has 24 heavy (non-hydrogen) atoms. The summed E-state index contributed by atoms with van der Waals surface area (Å²) < 4.78 is 38.0. The van der Waals surface area contributed by atoms with Crippen LogP contribution in [0.15, 0.2) is 67.3 Å². The van der Waals surface area contributed by atoms with Crippen LogP contribution in [-0.2, 0) is 6.61 Å². The minimum atomic E-state index is -0.852. The van der Waals surface area contributed by atoms with Crippen LogP contribution in [0.1, 0.15) is 5.56 Å². The number of fused-ring (bicyclic) bond motifs is 1. The average molecular weight is 326 g/mol. The highest BCUT2D eigenvalue weighted by atomic mass is 19.2. The summed E-state index contributed by atoms with van der Waals surface area (Å²) in [6, 6.07) is 15.0. The summed E-state index contributed by atoms with van der Waals surface area (Å²) in [4.78, 5) is 0. The second-order valence-corrected chi connectivity index (χ2v) is 5.28. The van der Waals surface area contributed by atoms with Crippen molar-refractivity contribution in [2.75, 3.05) is 6.61 Å². The predicted octanol–water partition coefficient (Wildman–Crippen LogP) is 5.26. The molecule has 0 amide bonds. The molecule has 0 heterocycles. The third kappa shape index (κ3) is 3.54. The lowest BCUT2D eigenvalue weighted by atomic mass is 10.1. The van der Waals surface area contributed by atoms with Crippen LogP contribution in [0.4, 0.5) is 8.78 Å². The van der Waals surface area contributed by atoms with E-state index < -0.39 is 11.6 Å². The second kappa shape index (κ2) is 7.13. The van der Waals surface area contributed by atoms with Crippen LogP contribution in [-0.4, -0.2) is 6.61 Å². The van der Waals surface area contributed by atoms with Crippen LogP contribution in [0.2, 0.25) is 0 Å². The zero-order chi connectivity index (χ0) is 16.9. The number of halogens is 2. The lowest BCUT2D eigenvalue weighted by molar-refractivity contribution is 0.306. The predicted molar refractivity (Wildman–Crippen MR) is 90.3 cm³/mol. The number of hydrogen-bond acceptors (Lipinski definition) is 2. The van der Waals surface area contributed by atoms with Gasteiger partial charge < -0.3 is 9.47 Å². The minimum absolute atomic E-state index is 0.242. The molecule has 122 valence electrons. The van der Waals surface area contributed by atoms with E-state index in [0.29, 0.717) is 24.3 Å². The Morgan fingerprint density at radius 1 is 0.875 bits per heavy atom. The number of hydrogen-bond donors (Lipinski definition) is 0. The Balaban J connectivity index is 1.69. The van der Waals surface area contributed by atoms with E-state index in [9.17, 15) is 8.78 Å². The molecule has 0 aliphatic rings. The van der Waals surface area contributed by atoms with Gasteiger partial charge in [0.15, 0.2) is 11.6 Å². The van der Waals surface area contributed by atoms with Gasteiger partial charge in [0.1, 0.15) is 24.7 Å². The van der Waals surface area contributed by atoms with Gasteiger partial charge in [0, 0.05) is 5.39 Å². The molecule has 0 aliphatic heterocycles. The SMILES string of the molecule is C=CCOc1ccc(COc2ccc3c(F)c(F)ccc3c2)cc1. The molecule has 0 atom stereocenters. The molecule has 0 bridgehead atoms. The molecule has 0 saturated heterocycles. The minimum Gasteiger partial charge on any atom is -0.490 e. The first-order valence-corrected chi connectivity index (χ1v) is 7.50. The lowest BCUT2D eigenvalue weighted by Crippen LogP contribution is -1.97. The summed E-state index contributed by atoms with van der Waals surface area (Å²) >= 11 is 0. The van der Waals surface area contributed by atoms with Crippen molar-refractivity contribution in [3.8, 4) is 11.5 Å². The van der Waals surface area contributed by atoms with Gasteiger partial charge in [-0.15, -0.1) is 0 Å². The number of benzene rings is 3. The van der Waals surface area contributed by atoms with Crippen molar-refractivity contribution in [1.29, 1.82) is 0 Å². The monoisotopic (exact) mass is 326 g/mol. The molecule has 0 fully saturated rings. The van der Waals surface area contributed by atoms with Gasteiger partial charge in [-0.2, -0.15) is 0 Å². The maximum atomic E-state index is 13.7. The summed E-state index contributed by atoms with van der Waals surface area (Å²) in [5.41, 5.74) is 0.978. The van der Waals surface area contributed by atoms with Crippen molar-refractivity contribution in [1.82, 2.24) is 0 Å². The Kier molecular flexibility index (Phi) is 4.75. The van der Waals surface area contributed by atoms with E-state index in [1.165, 1.54) is 12.1 Å². The molecule has 3 rings (SSSR count). The zero-order valence-corrected chi connectivity index (χ0v) is 13.0. The summed E-state index contributed by atoms with van der Waals surface area (Å²) in [6.07, 6.45) is 1.69. The molecule has 0 radical (unpaired) electrons. The van der Waals surface area contributed by atoms with Crippen LogP contribution in [0.25, 0.3) is 10.8 Å². The maximum Gasteiger partial charge on any atom is 0.166 e. The van der Waals surface area contributed by atoms with Crippen molar-refractivity contribution < 1.29 is 18.3 Å². The van der Waals surface area contributed by atoms with Gasteiger partial charge in [-0.1, -0.05) is 30.9 Å². The molecule has 4 heteroatoms. The Bertz CT molecular complexity index is 857. The van der Waals surface area contributed by atoms with Crippen LogP contribution in [0.5, 0.6) is 11.5 Å². The molecule has 2 nitrogen and oxygen atoms in total. The summed E-state index contributed by atoms with van der Waals surface area (Å²) in [6.45, 7) is 4.43. The van der Waals surface area contributed by atoms with Crippen molar-refractivity contribution in [2.45, 2.75) is 6.61 Å². The van der Waals surface area contributed by atoms with Gasteiger partial charge in [0.25, 0.3) is 0 Å².